The van der Waals surface area contributed by atoms with Crippen LogP contribution in [0.4, 0.5) is 5.69 Å². The molecule has 3 fully saturated rings. The van der Waals surface area contributed by atoms with E-state index in [4.69, 9.17) is 9.47 Å². The number of hydrogen-bond acceptors (Lipinski definition) is 8. The van der Waals surface area contributed by atoms with Crippen LogP contribution in [0.5, 0.6) is 5.75 Å². The van der Waals surface area contributed by atoms with Crippen LogP contribution >= 0.6 is 23.1 Å². The number of thiazole rings is 1. The van der Waals surface area contributed by atoms with E-state index in [0.29, 0.717) is 5.69 Å². The number of esters is 1. The smallest absolute Gasteiger partial charge is 0.326 e. The third-order valence-corrected chi connectivity index (χ3v) is 12.1. The highest BCUT2D eigenvalue weighted by Crippen LogP contribution is 2.69. The van der Waals surface area contributed by atoms with Crippen molar-refractivity contribution in [1.29, 1.82) is 0 Å². The van der Waals surface area contributed by atoms with Crippen molar-refractivity contribution in [1.82, 2.24) is 4.57 Å². The van der Waals surface area contributed by atoms with Gasteiger partial charge in [0.2, 0.25) is 11.8 Å². The Hall–Kier alpha value is -3.37. The average molecular weight is 591 g/mol. The number of carbonyl (C=O) groups excluding carboxylic acids is 3. The Bertz CT molecular complexity index is 1610. The first-order chi connectivity index (χ1) is 19.8. The molecule has 4 aliphatic rings. The van der Waals surface area contributed by atoms with Gasteiger partial charge in [0.1, 0.15) is 12.3 Å². The molecule has 0 N–H and O–H groups in total. The molecule has 1 aromatic heterocycles. The molecule has 0 radical (unpaired) electrons. The lowest BCUT2D eigenvalue weighted by Crippen LogP contribution is -2.43. The van der Waals surface area contributed by atoms with Crippen LogP contribution in [0.3, 0.4) is 0 Å². The van der Waals surface area contributed by atoms with Gasteiger partial charge in [0.25, 0.3) is 0 Å². The maximum atomic E-state index is 13.9. The third kappa shape index (κ3) is 3.94. The molecule has 3 heterocycles. The van der Waals surface area contributed by atoms with Gasteiger partial charge in [0.05, 0.1) is 36.3 Å². The molecule has 10 heteroatoms. The fourth-order valence-electron chi connectivity index (χ4n) is 7.72. The Balaban J connectivity index is 1.32. The minimum absolute atomic E-state index is 0.00634. The normalized spacial score (nSPS) is 29.3. The van der Waals surface area contributed by atoms with E-state index < -0.39 is 5.97 Å². The Kier molecular flexibility index (Phi) is 6.39. The van der Waals surface area contributed by atoms with Crippen molar-refractivity contribution in [2.24, 2.45) is 29.6 Å². The molecular weight excluding hydrogens is 560 g/mol. The van der Waals surface area contributed by atoms with Gasteiger partial charge >= 0.3 is 10.8 Å². The molecule has 7 atom stereocenters. The van der Waals surface area contributed by atoms with Crippen LogP contribution in [0.2, 0.25) is 0 Å². The highest BCUT2D eigenvalue weighted by molar-refractivity contribution is 8.00. The first-order valence-corrected chi connectivity index (χ1v) is 15.7. The monoisotopic (exact) mass is 590 g/mol. The zero-order valence-corrected chi connectivity index (χ0v) is 24.6. The zero-order chi connectivity index (χ0) is 28.6. The predicted octanol–water partition coefficient (Wildman–Crippen LogP) is 4.47. The van der Waals surface area contributed by atoms with Crippen molar-refractivity contribution in [2.75, 3.05) is 18.6 Å². The van der Waals surface area contributed by atoms with E-state index >= 15 is 0 Å². The molecule has 41 heavy (non-hydrogen) atoms. The highest BCUT2D eigenvalue weighted by atomic mass is 32.2. The zero-order valence-electron chi connectivity index (χ0n) is 22.9. The van der Waals surface area contributed by atoms with Crippen LogP contribution in [-0.4, -0.2) is 41.3 Å². The molecular formula is C31H30N2O6S2. The van der Waals surface area contributed by atoms with Crippen LogP contribution < -0.4 is 14.5 Å². The maximum Gasteiger partial charge on any atom is 0.326 e. The third-order valence-electron chi connectivity index (χ3n) is 9.31. The van der Waals surface area contributed by atoms with Gasteiger partial charge in [-0.2, -0.15) is 0 Å². The fraction of sp³-hybridized carbons (Fsp3) is 0.419. The van der Waals surface area contributed by atoms with Crippen molar-refractivity contribution in [3.63, 3.8) is 0 Å². The number of methoxy groups -OCH3 is 1. The number of amides is 2. The molecule has 2 aromatic carbocycles. The summed E-state index contributed by atoms with van der Waals surface area (Å²) in [4.78, 5) is 55.7. The molecule has 1 saturated heterocycles. The number of imide groups is 1. The van der Waals surface area contributed by atoms with Crippen molar-refractivity contribution in [2.45, 2.75) is 43.0 Å². The van der Waals surface area contributed by atoms with Gasteiger partial charge in [0.15, 0.2) is 0 Å². The second kappa shape index (κ2) is 9.87. The lowest BCUT2D eigenvalue weighted by atomic mass is 9.68. The topological polar surface area (TPSA) is 94.9 Å². The van der Waals surface area contributed by atoms with Gasteiger partial charge in [-0.25, -0.2) is 0 Å². The Morgan fingerprint density at radius 2 is 1.66 bits per heavy atom. The summed E-state index contributed by atoms with van der Waals surface area (Å²) >= 11 is 2.79. The van der Waals surface area contributed by atoms with Gasteiger partial charge in [0, 0.05) is 16.0 Å². The van der Waals surface area contributed by atoms with Gasteiger partial charge in [-0.15, -0.1) is 11.8 Å². The standard InChI is InChI=1S/C31H30N2O6S2/c1-4-39-21(34)14-32-30-27(41-31(32)37)22(16-7-11-18(38-3)12-8-16)23-19-13-20(26(23)40-30)25-24(19)28(35)33(29(25)36)17-9-5-15(2)6-10-17/h5-12,19-20,22-26H,4,13-14H2,1-3H3. The van der Waals surface area contributed by atoms with Crippen molar-refractivity contribution >= 4 is 46.6 Å². The van der Waals surface area contributed by atoms with E-state index in [0.717, 1.165) is 33.2 Å². The summed E-state index contributed by atoms with van der Waals surface area (Å²) in [5.74, 6) is -0.688. The van der Waals surface area contributed by atoms with Crippen LogP contribution in [0, 0.1) is 36.5 Å². The molecule has 2 aliphatic carbocycles. The lowest BCUT2D eigenvalue weighted by Gasteiger charge is -2.43. The predicted molar refractivity (Wildman–Crippen MR) is 155 cm³/mol. The Morgan fingerprint density at radius 3 is 2.32 bits per heavy atom. The summed E-state index contributed by atoms with van der Waals surface area (Å²) in [6.07, 6.45) is 0.806. The second-order valence-corrected chi connectivity index (χ2v) is 13.5. The number of benzene rings is 2. The van der Waals surface area contributed by atoms with Gasteiger partial charge in [-0.05, 0) is 67.9 Å². The van der Waals surface area contributed by atoms with E-state index in [-0.39, 0.29) is 70.6 Å². The Morgan fingerprint density at radius 1 is 0.976 bits per heavy atom. The Labute approximate surface area is 245 Å². The summed E-state index contributed by atoms with van der Waals surface area (Å²) < 4.78 is 12.1. The second-order valence-electron chi connectivity index (χ2n) is 11.3. The number of hydrogen-bond donors (Lipinski definition) is 0. The van der Waals surface area contributed by atoms with Crippen LogP contribution in [-0.2, 0) is 25.7 Å². The first kappa shape index (κ1) is 26.5. The van der Waals surface area contributed by atoms with E-state index in [1.54, 1.807) is 30.4 Å². The van der Waals surface area contributed by atoms with E-state index in [1.165, 1.54) is 16.2 Å². The molecule has 2 amide bonds. The number of fused-ring (bicyclic) bond motifs is 9. The molecule has 0 spiro atoms. The molecule has 3 aromatic rings. The number of anilines is 1. The van der Waals surface area contributed by atoms with Crippen LogP contribution in [0.1, 0.15) is 35.3 Å². The minimum atomic E-state index is -0.447. The van der Waals surface area contributed by atoms with Gasteiger partial charge in [-0.1, -0.05) is 41.2 Å². The van der Waals surface area contributed by atoms with E-state index in [9.17, 15) is 19.2 Å². The number of thioether (sulfide) groups is 1. The van der Waals surface area contributed by atoms with E-state index in [2.05, 4.69) is 0 Å². The van der Waals surface area contributed by atoms with Crippen molar-refractivity contribution < 1.29 is 23.9 Å². The number of rotatable bonds is 6. The summed E-state index contributed by atoms with van der Waals surface area (Å²) in [5, 5.41) is 0.824. The highest BCUT2D eigenvalue weighted by Gasteiger charge is 2.69. The molecule has 212 valence electrons. The van der Waals surface area contributed by atoms with Crippen LogP contribution in [0.25, 0.3) is 0 Å². The molecule has 8 nitrogen and oxygen atoms in total. The number of aryl methyl sites for hydroxylation is 1. The summed E-state index contributed by atoms with van der Waals surface area (Å²) in [6, 6.07) is 15.5. The first-order valence-electron chi connectivity index (χ1n) is 14.0. The number of ether oxygens (including phenoxy) is 2. The molecule has 7 unspecified atom stereocenters. The maximum absolute atomic E-state index is 13.9. The quantitative estimate of drug-likeness (QED) is 0.309. The lowest BCUT2D eigenvalue weighted by molar-refractivity contribution is -0.144. The number of carbonyl (C=O) groups is 3. The number of aromatic nitrogens is 1. The largest absolute Gasteiger partial charge is 0.497 e. The average Bonchev–Trinajstić information content (AvgIpc) is 3.68. The molecule has 2 aliphatic heterocycles. The van der Waals surface area contributed by atoms with E-state index in [1.807, 2.05) is 55.5 Å². The molecule has 2 saturated carbocycles. The molecule has 2 bridgehead atoms. The van der Waals surface area contributed by atoms with Crippen LogP contribution in [0.15, 0.2) is 58.4 Å². The summed E-state index contributed by atoms with van der Waals surface area (Å²) in [7, 11) is 1.63. The van der Waals surface area contributed by atoms with Gasteiger partial charge < -0.3 is 9.47 Å². The minimum Gasteiger partial charge on any atom is -0.497 e. The SMILES string of the molecule is CCOC(=O)Cn1c2c(sc1=O)C(c1ccc(OC)cc1)C1C3CC(C1S2)C1C(=O)N(c2ccc(C)cc2)C(=O)C31. The number of nitrogens with zero attached hydrogens (tertiary/aromatic N) is 2. The van der Waals surface area contributed by atoms with Crippen molar-refractivity contribution in [3.8, 4) is 5.75 Å². The fourth-order valence-corrected chi connectivity index (χ4v) is 10.9. The summed E-state index contributed by atoms with van der Waals surface area (Å²) in [6.45, 7) is 3.83. The summed E-state index contributed by atoms with van der Waals surface area (Å²) in [5.41, 5.74) is 2.74. The van der Waals surface area contributed by atoms with Gasteiger partial charge in [-0.3, -0.25) is 28.6 Å². The van der Waals surface area contributed by atoms with Crippen molar-refractivity contribution in [3.05, 3.63) is 74.2 Å². The molecule has 7 rings (SSSR count).